The summed E-state index contributed by atoms with van der Waals surface area (Å²) in [6.07, 6.45) is 1.73. The van der Waals surface area contributed by atoms with Gasteiger partial charge in [-0.2, -0.15) is 5.26 Å². The Labute approximate surface area is 175 Å². The highest BCUT2D eigenvalue weighted by Crippen LogP contribution is 2.25. The fourth-order valence-corrected chi connectivity index (χ4v) is 2.80. The van der Waals surface area contributed by atoms with Gasteiger partial charge in [-0.05, 0) is 48.9 Å². The van der Waals surface area contributed by atoms with Crippen molar-refractivity contribution < 1.29 is 9.53 Å². The summed E-state index contributed by atoms with van der Waals surface area (Å²) < 4.78 is 5.71. The molecular formula is C24H19ClN2O2. The Morgan fingerprint density at radius 3 is 2.45 bits per heavy atom. The summed E-state index contributed by atoms with van der Waals surface area (Å²) in [7, 11) is 0. The molecule has 3 aromatic rings. The van der Waals surface area contributed by atoms with Crippen molar-refractivity contribution in [2.75, 3.05) is 11.9 Å². The minimum atomic E-state index is -0.258. The minimum Gasteiger partial charge on any atom is -0.483 e. The number of aryl methyl sites for hydroxylation is 1. The molecule has 4 nitrogen and oxygen atoms in total. The van der Waals surface area contributed by atoms with E-state index in [-0.39, 0.29) is 12.5 Å². The molecule has 0 saturated carbocycles. The second kappa shape index (κ2) is 9.59. The van der Waals surface area contributed by atoms with Crippen LogP contribution in [0.1, 0.15) is 16.7 Å². The highest BCUT2D eigenvalue weighted by molar-refractivity contribution is 6.30. The Bertz CT molecular complexity index is 1070. The summed E-state index contributed by atoms with van der Waals surface area (Å²) >= 11 is 5.92. The van der Waals surface area contributed by atoms with E-state index >= 15 is 0 Å². The molecule has 0 atom stereocenters. The largest absolute Gasteiger partial charge is 0.483 e. The number of hydrogen-bond donors (Lipinski definition) is 1. The number of benzene rings is 3. The van der Waals surface area contributed by atoms with Crippen LogP contribution in [-0.4, -0.2) is 12.5 Å². The number of para-hydroxylation sites is 1. The number of amides is 1. The summed E-state index contributed by atoms with van der Waals surface area (Å²) in [6, 6.07) is 24.1. The number of nitriles is 1. The summed E-state index contributed by atoms with van der Waals surface area (Å²) in [6.45, 7) is 1.85. The van der Waals surface area contributed by atoms with Crippen LogP contribution < -0.4 is 10.1 Å². The van der Waals surface area contributed by atoms with Crippen molar-refractivity contribution in [2.45, 2.75) is 6.92 Å². The number of anilines is 1. The Morgan fingerprint density at radius 2 is 1.76 bits per heavy atom. The Morgan fingerprint density at radius 1 is 1.07 bits per heavy atom. The quantitative estimate of drug-likeness (QED) is 0.423. The average molecular weight is 403 g/mol. The molecule has 0 bridgehead atoms. The summed E-state index contributed by atoms with van der Waals surface area (Å²) in [5, 5.41) is 13.0. The van der Waals surface area contributed by atoms with Crippen LogP contribution >= 0.6 is 11.6 Å². The zero-order valence-corrected chi connectivity index (χ0v) is 16.6. The zero-order chi connectivity index (χ0) is 20.6. The number of carbonyl (C=O) groups is 1. The molecule has 0 aromatic heterocycles. The van der Waals surface area contributed by atoms with Crippen LogP contribution in [0.3, 0.4) is 0 Å². The normalized spacial score (nSPS) is 10.9. The maximum Gasteiger partial charge on any atom is 0.262 e. The third-order valence-electron chi connectivity index (χ3n) is 4.19. The van der Waals surface area contributed by atoms with Crippen LogP contribution in [0.25, 0.3) is 11.6 Å². The molecule has 144 valence electrons. The summed E-state index contributed by atoms with van der Waals surface area (Å²) in [4.78, 5) is 12.2. The van der Waals surface area contributed by atoms with Crippen LogP contribution in [-0.2, 0) is 4.79 Å². The van der Waals surface area contributed by atoms with E-state index in [2.05, 4.69) is 11.4 Å². The highest BCUT2D eigenvalue weighted by atomic mass is 35.5. The van der Waals surface area contributed by atoms with Crippen molar-refractivity contribution in [3.8, 4) is 11.8 Å². The Balaban J connectivity index is 1.73. The third kappa shape index (κ3) is 5.71. The maximum atomic E-state index is 12.2. The number of hydrogen-bond acceptors (Lipinski definition) is 3. The van der Waals surface area contributed by atoms with Gasteiger partial charge in [0, 0.05) is 16.3 Å². The van der Waals surface area contributed by atoms with Gasteiger partial charge < -0.3 is 10.1 Å². The van der Waals surface area contributed by atoms with Crippen LogP contribution in [0.2, 0.25) is 5.02 Å². The van der Waals surface area contributed by atoms with Gasteiger partial charge in [0.1, 0.15) is 5.75 Å². The van der Waals surface area contributed by atoms with Crippen LogP contribution in [0.5, 0.6) is 5.75 Å². The smallest absolute Gasteiger partial charge is 0.262 e. The minimum absolute atomic E-state index is 0.137. The van der Waals surface area contributed by atoms with Crippen molar-refractivity contribution >= 4 is 34.8 Å². The lowest BCUT2D eigenvalue weighted by Crippen LogP contribution is -2.20. The van der Waals surface area contributed by atoms with E-state index < -0.39 is 0 Å². The molecule has 5 heteroatoms. The van der Waals surface area contributed by atoms with E-state index in [4.69, 9.17) is 16.3 Å². The molecule has 0 aliphatic carbocycles. The number of nitrogens with one attached hydrogen (secondary N) is 1. The number of nitrogens with zero attached hydrogens (tertiary/aromatic N) is 1. The Hall–Kier alpha value is -3.55. The molecule has 0 aliphatic heterocycles. The Kier molecular flexibility index (Phi) is 6.67. The maximum absolute atomic E-state index is 12.2. The number of halogens is 1. The van der Waals surface area contributed by atoms with Gasteiger partial charge in [-0.3, -0.25) is 4.79 Å². The molecule has 0 heterocycles. The highest BCUT2D eigenvalue weighted by Gasteiger charge is 2.08. The molecule has 29 heavy (non-hydrogen) atoms. The van der Waals surface area contributed by atoms with Gasteiger partial charge >= 0.3 is 0 Å². The SMILES string of the molecule is Cc1ccc(NC(=O)COc2ccccc2/C=C(\C#N)c2ccc(Cl)cc2)cc1. The predicted octanol–water partition coefficient (Wildman–Crippen LogP) is 5.73. The van der Waals surface area contributed by atoms with Crippen molar-refractivity contribution in [3.63, 3.8) is 0 Å². The van der Waals surface area contributed by atoms with E-state index in [1.807, 2.05) is 49.4 Å². The van der Waals surface area contributed by atoms with Gasteiger partial charge in [-0.25, -0.2) is 0 Å². The molecule has 3 rings (SSSR count). The molecule has 0 radical (unpaired) electrons. The lowest BCUT2D eigenvalue weighted by atomic mass is 10.0. The molecule has 1 amide bonds. The monoisotopic (exact) mass is 402 g/mol. The fourth-order valence-electron chi connectivity index (χ4n) is 2.67. The predicted molar refractivity (Wildman–Crippen MR) is 117 cm³/mol. The van der Waals surface area contributed by atoms with Gasteiger partial charge in [0.05, 0.1) is 11.6 Å². The second-order valence-corrected chi connectivity index (χ2v) is 6.85. The van der Waals surface area contributed by atoms with E-state index in [0.717, 1.165) is 11.1 Å². The first-order chi connectivity index (χ1) is 14.0. The first-order valence-corrected chi connectivity index (χ1v) is 9.39. The van der Waals surface area contributed by atoms with Crippen molar-refractivity contribution in [3.05, 3.63) is 94.5 Å². The summed E-state index contributed by atoms with van der Waals surface area (Å²) in [5.41, 5.74) is 3.77. The molecule has 0 spiro atoms. The van der Waals surface area contributed by atoms with E-state index in [1.165, 1.54) is 0 Å². The molecule has 1 N–H and O–H groups in total. The standard InChI is InChI=1S/C24H19ClN2O2/c1-17-6-12-22(13-7-17)27-24(28)16-29-23-5-3-2-4-19(23)14-20(15-26)18-8-10-21(25)11-9-18/h2-14H,16H2,1H3,(H,27,28)/b20-14+. The number of rotatable bonds is 6. The molecule has 0 unspecified atom stereocenters. The lowest BCUT2D eigenvalue weighted by Gasteiger charge is -2.10. The summed E-state index contributed by atoms with van der Waals surface area (Å²) in [5.74, 6) is 0.263. The van der Waals surface area contributed by atoms with Crippen LogP contribution in [0.15, 0.2) is 72.8 Å². The molecule has 0 aliphatic rings. The first kappa shape index (κ1) is 20.2. The van der Waals surface area contributed by atoms with Crippen molar-refractivity contribution in [1.82, 2.24) is 0 Å². The number of ether oxygens (including phenoxy) is 1. The fraction of sp³-hybridized carbons (Fsp3) is 0.0833. The number of carbonyl (C=O) groups excluding carboxylic acids is 1. The van der Waals surface area contributed by atoms with Gasteiger partial charge in [-0.1, -0.05) is 59.6 Å². The number of allylic oxidation sites excluding steroid dienone is 1. The van der Waals surface area contributed by atoms with E-state index in [9.17, 15) is 10.1 Å². The molecule has 0 fully saturated rings. The zero-order valence-electron chi connectivity index (χ0n) is 15.9. The molecule has 0 saturated heterocycles. The van der Waals surface area contributed by atoms with Gasteiger partial charge in [0.15, 0.2) is 6.61 Å². The lowest BCUT2D eigenvalue weighted by molar-refractivity contribution is -0.118. The molecular weight excluding hydrogens is 384 g/mol. The van der Waals surface area contributed by atoms with Gasteiger partial charge in [-0.15, -0.1) is 0 Å². The van der Waals surface area contributed by atoms with Crippen LogP contribution in [0, 0.1) is 18.3 Å². The second-order valence-electron chi connectivity index (χ2n) is 6.42. The third-order valence-corrected chi connectivity index (χ3v) is 4.44. The van der Waals surface area contributed by atoms with E-state index in [1.54, 1.807) is 36.4 Å². The van der Waals surface area contributed by atoms with Gasteiger partial charge in [0.25, 0.3) is 5.91 Å². The topological polar surface area (TPSA) is 62.1 Å². The average Bonchev–Trinajstić information content (AvgIpc) is 2.73. The first-order valence-electron chi connectivity index (χ1n) is 9.01. The van der Waals surface area contributed by atoms with Crippen molar-refractivity contribution in [1.29, 1.82) is 5.26 Å². The van der Waals surface area contributed by atoms with Crippen molar-refractivity contribution in [2.24, 2.45) is 0 Å². The van der Waals surface area contributed by atoms with E-state index in [0.29, 0.717) is 27.6 Å². The molecule has 3 aromatic carbocycles. The van der Waals surface area contributed by atoms with Gasteiger partial charge in [0.2, 0.25) is 0 Å². The van der Waals surface area contributed by atoms with Crippen LogP contribution in [0.4, 0.5) is 5.69 Å².